The summed E-state index contributed by atoms with van der Waals surface area (Å²) in [5.74, 6) is -0.0457. The van der Waals surface area contributed by atoms with Crippen LogP contribution < -0.4 is 25.4 Å². The van der Waals surface area contributed by atoms with E-state index in [2.05, 4.69) is 9.69 Å². The fourth-order valence-corrected chi connectivity index (χ4v) is 5.83. The number of rotatable bonds is 9. The van der Waals surface area contributed by atoms with E-state index < -0.39 is 17.8 Å². The van der Waals surface area contributed by atoms with Gasteiger partial charge < -0.3 is 20.5 Å². The Kier molecular flexibility index (Phi) is 8.49. The van der Waals surface area contributed by atoms with Gasteiger partial charge >= 0.3 is 0 Å². The molecule has 1 aliphatic carbocycles. The number of halogens is 1. The molecule has 4 aromatic rings. The molecule has 41 heavy (non-hydrogen) atoms. The minimum atomic E-state index is -1.03. The first kappa shape index (κ1) is 28.1. The molecule has 2 amide bonds. The van der Waals surface area contributed by atoms with Crippen LogP contribution in [0.3, 0.4) is 0 Å². The summed E-state index contributed by atoms with van der Waals surface area (Å²) in [5.41, 5.74) is 8.66. The molecule has 0 saturated heterocycles. The van der Waals surface area contributed by atoms with Crippen molar-refractivity contribution in [3.05, 3.63) is 89.1 Å². The van der Waals surface area contributed by atoms with Crippen molar-refractivity contribution in [3.8, 4) is 22.8 Å². The maximum atomic E-state index is 14.5. The zero-order valence-electron chi connectivity index (χ0n) is 22.8. The molecule has 8 nitrogen and oxygen atoms in total. The number of hydrogen-bond acceptors (Lipinski definition) is 7. The number of aromatic nitrogens is 1. The van der Waals surface area contributed by atoms with Gasteiger partial charge in [0.05, 0.1) is 19.9 Å². The smallest absolute Gasteiger partial charge is 0.273 e. The fraction of sp³-hybridized carbons (Fsp3) is 0.258. The van der Waals surface area contributed by atoms with Crippen LogP contribution in [0.4, 0.5) is 15.8 Å². The maximum Gasteiger partial charge on any atom is 0.273 e. The third kappa shape index (κ3) is 6.02. The monoisotopic (exact) mass is 574 g/mol. The average molecular weight is 575 g/mol. The molecule has 1 unspecified atom stereocenters. The third-order valence-electron chi connectivity index (χ3n) is 7.23. The number of ether oxygens (including phenoxy) is 2. The van der Waals surface area contributed by atoms with Crippen molar-refractivity contribution < 1.29 is 23.5 Å². The Morgan fingerprint density at radius 1 is 1.00 bits per heavy atom. The van der Waals surface area contributed by atoms with Crippen LogP contribution in [-0.4, -0.2) is 36.4 Å². The number of anilines is 2. The van der Waals surface area contributed by atoms with E-state index >= 15 is 0 Å². The maximum absolute atomic E-state index is 14.5. The van der Waals surface area contributed by atoms with Gasteiger partial charge in [-0.3, -0.25) is 14.5 Å². The van der Waals surface area contributed by atoms with Gasteiger partial charge in [0.25, 0.3) is 5.91 Å². The first-order valence-corrected chi connectivity index (χ1v) is 14.1. The molecule has 1 fully saturated rings. The van der Waals surface area contributed by atoms with Gasteiger partial charge in [0.1, 0.15) is 33.9 Å². The summed E-state index contributed by atoms with van der Waals surface area (Å²) in [6, 6.07) is 18.8. The highest BCUT2D eigenvalue weighted by molar-refractivity contribution is 7.09. The van der Waals surface area contributed by atoms with Gasteiger partial charge in [0, 0.05) is 23.4 Å². The molecule has 1 aliphatic rings. The molecule has 1 aromatic heterocycles. The van der Waals surface area contributed by atoms with Gasteiger partial charge in [0.15, 0.2) is 0 Å². The Hall–Kier alpha value is -4.44. The van der Waals surface area contributed by atoms with E-state index in [4.69, 9.17) is 15.2 Å². The summed E-state index contributed by atoms with van der Waals surface area (Å²) in [5, 5.41) is 3.17. The van der Waals surface area contributed by atoms with Crippen LogP contribution in [0.5, 0.6) is 11.5 Å². The number of carbonyl (C=O) groups is 2. The summed E-state index contributed by atoms with van der Waals surface area (Å²) in [7, 11) is 3.10. The number of carbonyl (C=O) groups excluding carboxylic acids is 2. The lowest BCUT2D eigenvalue weighted by molar-refractivity contribution is -0.123. The molecular weight excluding hydrogens is 543 g/mol. The van der Waals surface area contributed by atoms with E-state index in [1.54, 1.807) is 67.8 Å². The highest BCUT2D eigenvalue weighted by atomic mass is 32.1. The largest absolute Gasteiger partial charge is 0.497 e. The molecule has 3 aromatic carbocycles. The van der Waals surface area contributed by atoms with Crippen LogP contribution in [0.1, 0.15) is 47.0 Å². The Morgan fingerprint density at radius 3 is 2.34 bits per heavy atom. The summed E-state index contributed by atoms with van der Waals surface area (Å²) in [6.07, 6.45) is 3.86. The standard InChI is InChI=1S/C31H31FN4O4S/c1-39-24-16-12-20(13-17-24)28(30(37)34-22-6-3-4-7-22)36(23-8-5-9-25(18-23)40-2)31(38)29-26(33)27(35-41-29)19-10-14-21(32)15-11-19/h5,8-18,22,28H,3-4,6-7,33H2,1-2H3,(H,34,37). The first-order chi connectivity index (χ1) is 19.9. The lowest BCUT2D eigenvalue weighted by Gasteiger charge is -2.32. The Bertz CT molecular complexity index is 1520. The molecule has 212 valence electrons. The average Bonchev–Trinajstić information content (AvgIpc) is 3.65. The van der Waals surface area contributed by atoms with E-state index in [1.807, 2.05) is 0 Å². The Morgan fingerprint density at radius 2 is 1.68 bits per heavy atom. The molecule has 3 N–H and O–H groups in total. The number of nitrogens with zero attached hydrogens (tertiary/aromatic N) is 2. The molecule has 5 rings (SSSR count). The van der Waals surface area contributed by atoms with Crippen molar-refractivity contribution >= 4 is 34.7 Å². The van der Waals surface area contributed by atoms with Crippen molar-refractivity contribution in [1.29, 1.82) is 0 Å². The minimum Gasteiger partial charge on any atom is -0.497 e. The van der Waals surface area contributed by atoms with Crippen molar-refractivity contribution in [1.82, 2.24) is 9.69 Å². The Balaban J connectivity index is 1.63. The van der Waals surface area contributed by atoms with Crippen LogP contribution in [0, 0.1) is 5.82 Å². The molecule has 1 atom stereocenters. The van der Waals surface area contributed by atoms with Gasteiger partial charge in [-0.1, -0.05) is 31.0 Å². The van der Waals surface area contributed by atoms with Crippen LogP contribution >= 0.6 is 11.5 Å². The van der Waals surface area contributed by atoms with E-state index in [-0.39, 0.29) is 22.5 Å². The second kappa shape index (κ2) is 12.4. The molecule has 1 heterocycles. The highest BCUT2D eigenvalue weighted by Crippen LogP contribution is 2.37. The van der Waals surface area contributed by atoms with Crippen LogP contribution in [0.15, 0.2) is 72.8 Å². The van der Waals surface area contributed by atoms with Crippen LogP contribution in [-0.2, 0) is 4.79 Å². The zero-order chi connectivity index (χ0) is 28.9. The number of nitrogens with one attached hydrogen (secondary N) is 1. The lowest BCUT2D eigenvalue weighted by atomic mass is 10.0. The summed E-state index contributed by atoms with van der Waals surface area (Å²) in [4.78, 5) is 30.1. The Labute approximate surface area is 242 Å². The number of nitrogen functional groups attached to an aromatic ring is 1. The topological polar surface area (TPSA) is 107 Å². The predicted octanol–water partition coefficient (Wildman–Crippen LogP) is 6.00. The fourth-order valence-electron chi connectivity index (χ4n) is 5.07. The first-order valence-electron chi connectivity index (χ1n) is 13.3. The predicted molar refractivity (Wildman–Crippen MR) is 158 cm³/mol. The van der Waals surface area contributed by atoms with Crippen molar-refractivity contribution in [2.45, 2.75) is 37.8 Å². The van der Waals surface area contributed by atoms with E-state index in [0.717, 1.165) is 37.2 Å². The quantitative estimate of drug-likeness (QED) is 0.254. The van der Waals surface area contributed by atoms with E-state index in [9.17, 15) is 14.0 Å². The normalized spacial score (nSPS) is 13.9. The highest BCUT2D eigenvalue weighted by Gasteiger charge is 2.37. The molecule has 0 aliphatic heterocycles. The third-order valence-corrected chi connectivity index (χ3v) is 8.08. The number of methoxy groups -OCH3 is 2. The van der Waals surface area contributed by atoms with Crippen LogP contribution in [0.25, 0.3) is 11.3 Å². The van der Waals surface area contributed by atoms with Crippen molar-refractivity contribution in [2.24, 2.45) is 0 Å². The number of hydrogen-bond donors (Lipinski definition) is 2. The lowest BCUT2D eigenvalue weighted by Crippen LogP contribution is -2.46. The second-order valence-corrected chi connectivity index (χ2v) is 10.6. The van der Waals surface area contributed by atoms with Gasteiger partial charge in [-0.2, -0.15) is 4.37 Å². The summed E-state index contributed by atoms with van der Waals surface area (Å²) in [6.45, 7) is 0. The molecule has 0 spiro atoms. The number of amides is 2. The van der Waals surface area contributed by atoms with Gasteiger partial charge in [-0.15, -0.1) is 0 Å². The van der Waals surface area contributed by atoms with Crippen LogP contribution in [0.2, 0.25) is 0 Å². The number of benzene rings is 3. The summed E-state index contributed by atoms with van der Waals surface area (Å²) < 4.78 is 28.8. The van der Waals surface area contributed by atoms with Crippen molar-refractivity contribution in [3.63, 3.8) is 0 Å². The number of nitrogens with two attached hydrogens (primary N) is 1. The molecule has 10 heteroatoms. The van der Waals surface area contributed by atoms with E-state index in [0.29, 0.717) is 34.0 Å². The van der Waals surface area contributed by atoms with Gasteiger partial charge in [-0.05, 0) is 78.5 Å². The van der Waals surface area contributed by atoms with Crippen molar-refractivity contribution in [2.75, 3.05) is 24.9 Å². The van der Waals surface area contributed by atoms with E-state index in [1.165, 1.54) is 24.1 Å². The SMILES string of the molecule is COc1ccc(C(C(=O)NC2CCCC2)N(C(=O)c2snc(-c3ccc(F)cc3)c2N)c2cccc(OC)c2)cc1. The minimum absolute atomic E-state index is 0.0315. The molecule has 0 radical (unpaired) electrons. The molecule has 1 saturated carbocycles. The second-order valence-electron chi connectivity index (χ2n) is 9.82. The molecular formula is C31H31FN4O4S. The molecule has 0 bridgehead atoms. The zero-order valence-corrected chi connectivity index (χ0v) is 23.6. The van der Waals surface area contributed by atoms with Gasteiger partial charge in [-0.25, -0.2) is 4.39 Å². The summed E-state index contributed by atoms with van der Waals surface area (Å²) >= 11 is 0.937. The van der Waals surface area contributed by atoms with Gasteiger partial charge in [0.2, 0.25) is 5.91 Å².